The molecule has 3 aromatic carbocycles. The Hall–Kier alpha value is -3.15. The van der Waals surface area contributed by atoms with E-state index in [9.17, 15) is 17.6 Å². The van der Waals surface area contributed by atoms with Crippen molar-refractivity contribution in [3.63, 3.8) is 0 Å². The van der Waals surface area contributed by atoms with Crippen LogP contribution in [0.5, 0.6) is 5.75 Å². The Labute approximate surface area is 220 Å². The summed E-state index contributed by atoms with van der Waals surface area (Å²) >= 11 is 4.19. The molecule has 0 atom stereocenters. The number of amides is 1. The fourth-order valence-electron chi connectivity index (χ4n) is 3.12. The van der Waals surface area contributed by atoms with Gasteiger partial charge < -0.3 is 14.5 Å². The second kappa shape index (κ2) is 11.3. The van der Waals surface area contributed by atoms with Crippen LogP contribution in [0.3, 0.4) is 0 Å². The van der Waals surface area contributed by atoms with E-state index in [1.807, 2.05) is 6.92 Å². The molecule has 0 fully saturated rings. The summed E-state index contributed by atoms with van der Waals surface area (Å²) in [5.41, 5.74) is 0.964. The molecule has 11 heteroatoms. The number of oxazole rings is 1. The number of benzene rings is 3. The molecular weight excluding hydrogens is 571 g/mol. The number of rotatable bonds is 9. The summed E-state index contributed by atoms with van der Waals surface area (Å²) in [5, 5.41) is 2.39. The number of sulfone groups is 1. The first-order valence-electron chi connectivity index (χ1n) is 10.7. The number of hydrogen-bond acceptors (Lipinski definition) is 7. The number of aromatic nitrogens is 1. The quantitative estimate of drug-likeness (QED) is 0.231. The lowest BCUT2D eigenvalue weighted by molar-refractivity contribution is -0.113. The summed E-state index contributed by atoms with van der Waals surface area (Å²) in [4.78, 5) is 16.8. The fraction of sp³-hybridized carbons (Fsp3) is 0.120. The minimum atomic E-state index is -4.06. The molecule has 7 nitrogen and oxygen atoms in total. The third-order valence-corrected chi connectivity index (χ3v) is 8.10. The summed E-state index contributed by atoms with van der Waals surface area (Å²) in [6.45, 7) is 2.41. The number of nitrogens with one attached hydrogen (secondary N) is 1. The molecule has 0 radical (unpaired) electrons. The predicted octanol–water partition coefficient (Wildman–Crippen LogP) is 6.21. The van der Waals surface area contributed by atoms with Gasteiger partial charge in [0.25, 0.3) is 0 Å². The number of nitrogens with zero attached hydrogens (tertiary/aromatic N) is 1. The van der Waals surface area contributed by atoms with Crippen molar-refractivity contribution in [2.24, 2.45) is 0 Å². The van der Waals surface area contributed by atoms with E-state index in [1.54, 1.807) is 36.4 Å². The maximum Gasteiger partial charge on any atom is 0.234 e. The Morgan fingerprint density at radius 2 is 1.72 bits per heavy atom. The minimum Gasteiger partial charge on any atom is -0.494 e. The number of anilines is 1. The molecule has 1 aromatic heterocycles. The highest BCUT2D eigenvalue weighted by atomic mass is 79.9. The van der Waals surface area contributed by atoms with Gasteiger partial charge in [0.15, 0.2) is 0 Å². The Morgan fingerprint density at radius 1 is 1.06 bits per heavy atom. The third-order valence-electron chi connectivity index (χ3n) is 4.82. The summed E-state index contributed by atoms with van der Waals surface area (Å²) in [6.07, 6.45) is 0. The summed E-state index contributed by atoms with van der Waals surface area (Å²) in [6, 6.07) is 18.3. The Bertz CT molecular complexity index is 1460. The van der Waals surface area contributed by atoms with Crippen LogP contribution in [0.2, 0.25) is 0 Å². The largest absolute Gasteiger partial charge is 0.494 e. The molecule has 186 valence electrons. The van der Waals surface area contributed by atoms with Crippen molar-refractivity contribution in [3.05, 3.63) is 83.1 Å². The molecule has 4 aromatic rings. The topological polar surface area (TPSA) is 98.5 Å². The van der Waals surface area contributed by atoms with Crippen LogP contribution in [0.4, 0.5) is 10.1 Å². The highest BCUT2D eigenvalue weighted by Gasteiger charge is 2.29. The first-order valence-corrected chi connectivity index (χ1v) is 14.0. The van der Waals surface area contributed by atoms with Crippen LogP contribution in [0.25, 0.3) is 11.5 Å². The molecule has 0 saturated carbocycles. The van der Waals surface area contributed by atoms with E-state index in [0.29, 0.717) is 28.1 Å². The summed E-state index contributed by atoms with van der Waals surface area (Å²) in [7, 11) is -4.06. The van der Waals surface area contributed by atoms with Crippen LogP contribution in [-0.4, -0.2) is 31.7 Å². The van der Waals surface area contributed by atoms with Gasteiger partial charge in [-0.05, 0) is 79.7 Å². The smallest absolute Gasteiger partial charge is 0.234 e. The molecule has 0 unspecified atom stereocenters. The van der Waals surface area contributed by atoms with Crippen molar-refractivity contribution in [1.29, 1.82) is 0 Å². The van der Waals surface area contributed by atoms with Gasteiger partial charge in [0.05, 0.1) is 17.3 Å². The van der Waals surface area contributed by atoms with Gasteiger partial charge in [-0.2, -0.15) is 4.98 Å². The van der Waals surface area contributed by atoms with Crippen molar-refractivity contribution in [1.82, 2.24) is 4.98 Å². The fourth-order valence-corrected chi connectivity index (χ4v) is 5.72. The van der Waals surface area contributed by atoms with Gasteiger partial charge in [-0.25, -0.2) is 12.8 Å². The van der Waals surface area contributed by atoms with Crippen LogP contribution in [0, 0.1) is 5.82 Å². The van der Waals surface area contributed by atoms with Gasteiger partial charge in [-0.1, -0.05) is 27.7 Å². The van der Waals surface area contributed by atoms with E-state index in [4.69, 9.17) is 9.15 Å². The molecule has 4 rings (SSSR count). The van der Waals surface area contributed by atoms with Crippen molar-refractivity contribution >= 4 is 49.1 Å². The molecule has 0 aliphatic rings. The van der Waals surface area contributed by atoms with E-state index in [-0.39, 0.29) is 32.6 Å². The van der Waals surface area contributed by atoms with E-state index in [1.165, 1.54) is 36.4 Å². The normalized spacial score (nSPS) is 11.3. The van der Waals surface area contributed by atoms with Crippen LogP contribution in [0.1, 0.15) is 6.92 Å². The molecule has 0 aliphatic carbocycles. The highest BCUT2D eigenvalue weighted by Crippen LogP contribution is 2.35. The first-order chi connectivity index (χ1) is 17.3. The zero-order valence-corrected chi connectivity index (χ0v) is 22.1. The number of ether oxygens (including phenoxy) is 1. The standard InChI is InChI=1S/C25H20BrFN2O5S2/c1-2-33-20-11-9-19(10-12-20)28-22(30)15-35-25-24(36(31,32)21-13-5-17(26)6-14-21)29-23(34-25)16-3-7-18(27)8-4-16/h3-14H,2,15H2,1H3,(H,28,30). The Morgan fingerprint density at radius 3 is 2.36 bits per heavy atom. The average Bonchev–Trinajstić information content (AvgIpc) is 3.30. The summed E-state index contributed by atoms with van der Waals surface area (Å²) < 4.78 is 52.0. The lowest BCUT2D eigenvalue weighted by atomic mass is 10.2. The maximum absolute atomic E-state index is 13.4. The van der Waals surface area contributed by atoms with Gasteiger partial charge in [0.1, 0.15) is 11.6 Å². The van der Waals surface area contributed by atoms with Crippen molar-refractivity contribution < 1.29 is 26.8 Å². The highest BCUT2D eigenvalue weighted by molar-refractivity contribution is 9.10. The van der Waals surface area contributed by atoms with Crippen molar-refractivity contribution in [2.75, 3.05) is 17.7 Å². The zero-order valence-electron chi connectivity index (χ0n) is 18.9. The van der Waals surface area contributed by atoms with Crippen LogP contribution >= 0.6 is 27.7 Å². The molecule has 0 spiro atoms. The second-order valence-corrected chi connectivity index (χ2v) is 11.1. The Kier molecular flexibility index (Phi) is 8.12. The van der Waals surface area contributed by atoms with Crippen molar-refractivity contribution in [3.8, 4) is 17.2 Å². The van der Waals surface area contributed by atoms with E-state index in [0.717, 1.165) is 11.8 Å². The number of carbonyl (C=O) groups is 1. The number of hydrogen-bond donors (Lipinski definition) is 1. The second-order valence-electron chi connectivity index (χ2n) is 7.37. The number of thioether (sulfide) groups is 1. The first kappa shape index (κ1) is 25.9. The van der Waals surface area contributed by atoms with E-state index in [2.05, 4.69) is 26.2 Å². The Balaban J connectivity index is 1.59. The van der Waals surface area contributed by atoms with Gasteiger partial charge in [-0.15, -0.1) is 0 Å². The van der Waals surface area contributed by atoms with Crippen molar-refractivity contribution in [2.45, 2.75) is 21.9 Å². The minimum absolute atomic E-state index is 0.0000998. The molecule has 0 aliphatic heterocycles. The maximum atomic E-state index is 13.4. The number of carbonyl (C=O) groups excluding carboxylic acids is 1. The SMILES string of the molecule is CCOc1ccc(NC(=O)CSc2oc(-c3ccc(F)cc3)nc2S(=O)(=O)c2ccc(Br)cc2)cc1. The molecule has 1 N–H and O–H groups in total. The lowest BCUT2D eigenvalue weighted by Gasteiger charge is -2.07. The van der Waals surface area contributed by atoms with Crippen LogP contribution in [-0.2, 0) is 14.6 Å². The predicted molar refractivity (Wildman–Crippen MR) is 138 cm³/mol. The molecule has 36 heavy (non-hydrogen) atoms. The van der Waals surface area contributed by atoms with Gasteiger partial charge in [0.2, 0.25) is 31.8 Å². The monoisotopic (exact) mass is 590 g/mol. The van der Waals surface area contributed by atoms with Crippen LogP contribution in [0.15, 0.2) is 96.7 Å². The van der Waals surface area contributed by atoms with Crippen LogP contribution < -0.4 is 10.1 Å². The molecule has 0 saturated heterocycles. The molecule has 0 bridgehead atoms. The van der Waals surface area contributed by atoms with E-state index >= 15 is 0 Å². The molecule has 1 amide bonds. The lowest BCUT2D eigenvalue weighted by Crippen LogP contribution is -2.14. The van der Waals surface area contributed by atoms with Gasteiger partial charge >= 0.3 is 0 Å². The molecular formula is C25H20BrFN2O5S2. The van der Waals surface area contributed by atoms with Gasteiger partial charge in [0, 0.05) is 15.7 Å². The summed E-state index contributed by atoms with van der Waals surface area (Å²) in [5.74, 6) is -0.263. The van der Waals surface area contributed by atoms with Gasteiger partial charge in [-0.3, -0.25) is 4.79 Å². The number of halogens is 2. The van der Waals surface area contributed by atoms with E-state index < -0.39 is 15.7 Å². The zero-order chi connectivity index (χ0) is 25.7. The molecule has 1 heterocycles. The average molecular weight is 591 g/mol. The third kappa shape index (κ3) is 6.15.